The van der Waals surface area contributed by atoms with Crippen molar-refractivity contribution < 1.29 is 0 Å². The van der Waals surface area contributed by atoms with Crippen molar-refractivity contribution in [3.63, 3.8) is 0 Å². The first kappa shape index (κ1) is 36.8. The van der Waals surface area contributed by atoms with Crippen LogP contribution in [0.2, 0.25) is 0 Å². The van der Waals surface area contributed by atoms with Crippen molar-refractivity contribution in [1.82, 2.24) is 15.0 Å². The van der Waals surface area contributed by atoms with E-state index < -0.39 is 0 Å². The average molecular weight is 790 g/mol. The summed E-state index contributed by atoms with van der Waals surface area (Å²) in [5.74, 6) is 0.682. The fraction of sp³-hybridized carbons (Fsp3) is 0. The Bertz CT molecular complexity index is 3280. The van der Waals surface area contributed by atoms with E-state index in [4.69, 9.17) is 15.0 Å². The summed E-state index contributed by atoms with van der Waals surface area (Å²) >= 11 is 0. The van der Waals surface area contributed by atoms with Gasteiger partial charge in [-0.3, -0.25) is 0 Å². The summed E-state index contributed by atoms with van der Waals surface area (Å²) in [5.41, 5.74) is 17.0. The smallest absolute Gasteiger partial charge is 0.160 e. The summed E-state index contributed by atoms with van der Waals surface area (Å²) in [7, 11) is 0. The molecule has 0 aliphatic heterocycles. The van der Waals surface area contributed by atoms with E-state index in [0.717, 1.165) is 83.4 Å². The van der Waals surface area contributed by atoms with Gasteiger partial charge in [0.15, 0.2) is 5.82 Å². The second-order valence-corrected chi connectivity index (χ2v) is 15.6. The molecule has 0 bridgehead atoms. The first-order chi connectivity index (χ1) is 30.7. The third-order valence-corrected chi connectivity index (χ3v) is 11.7. The molecule has 0 radical (unpaired) electrons. The first-order valence-electron chi connectivity index (χ1n) is 21.0. The van der Waals surface area contributed by atoms with Crippen molar-refractivity contribution in [1.29, 1.82) is 0 Å². The highest BCUT2D eigenvalue weighted by Crippen LogP contribution is 2.39. The van der Waals surface area contributed by atoms with E-state index in [9.17, 15) is 0 Å². The lowest BCUT2D eigenvalue weighted by atomic mass is 9.92. The van der Waals surface area contributed by atoms with Gasteiger partial charge >= 0.3 is 0 Å². The predicted molar refractivity (Wildman–Crippen MR) is 258 cm³/mol. The lowest BCUT2D eigenvalue weighted by Gasteiger charge is -2.14. The summed E-state index contributed by atoms with van der Waals surface area (Å²) in [4.78, 5) is 15.7. The molecule has 11 rings (SSSR count). The Morgan fingerprint density at radius 1 is 0.242 bits per heavy atom. The molecule has 0 aliphatic rings. The number of rotatable bonds is 8. The van der Waals surface area contributed by atoms with Crippen LogP contribution < -0.4 is 0 Å². The fourth-order valence-electron chi connectivity index (χ4n) is 8.53. The molecule has 0 aliphatic carbocycles. The van der Waals surface area contributed by atoms with Gasteiger partial charge < -0.3 is 0 Å². The fourth-order valence-corrected chi connectivity index (χ4v) is 8.53. The molecule has 0 saturated carbocycles. The maximum absolute atomic E-state index is 5.28. The Hall–Kier alpha value is -8.27. The standard InChI is InChI=1S/C59H39N3/c1-5-16-40(17-6-1)44-24-13-27-49(35-44)56-39-57(62-59(61-56)51-29-15-25-45(37-51)41-18-7-2-8-19-41)50-28-14-26-46(36-50)47-30-32-52-48(34-47)31-33-54-58(52)53(42-20-9-3-10-21-42)38-55(60-54)43-22-11-4-12-23-43/h1-39H. The van der Waals surface area contributed by atoms with Crippen LogP contribution in [0.4, 0.5) is 0 Å². The molecule has 3 nitrogen and oxygen atoms in total. The van der Waals surface area contributed by atoms with E-state index in [-0.39, 0.29) is 0 Å². The number of aromatic nitrogens is 3. The minimum Gasteiger partial charge on any atom is -0.248 e. The molecule has 0 spiro atoms. The average Bonchev–Trinajstić information content (AvgIpc) is 3.37. The zero-order valence-electron chi connectivity index (χ0n) is 33.9. The van der Waals surface area contributed by atoms with E-state index in [1.807, 2.05) is 12.1 Å². The van der Waals surface area contributed by atoms with Crippen molar-refractivity contribution in [2.75, 3.05) is 0 Å². The van der Waals surface area contributed by atoms with Gasteiger partial charge in [-0.15, -0.1) is 0 Å². The van der Waals surface area contributed by atoms with Crippen LogP contribution >= 0.6 is 0 Å². The third-order valence-electron chi connectivity index (χ3n) is 11.7. The molecule has 0 atom stereocenters. The minimum absolute atomic E-state index is 0.682. The van der Waals surface area contributed by atoms with Crippen molar-refractivity contribution in [3.05, 3.63) is 237 Å². The predicted octanol–water partition coefficient (Wildman–Crippen LogP) is 15.5. The van der Waals surface area contributed by atoms with Crippen LogP contribution in [0, 0.1) is 0 Å². The van der Waals surface area contributed by atoms with Crippen molar-refractivity contribution in [2.45, 2.75) is 0 Å². The zero-order chi connectivity index (χ0) is 41.2. The molecule has 62 heavy (non-hydrogen) atoms. The van der Waals surface area contributed by atoms with Gasteiger partial charge in [0.2, 0.25) is 0 Å². The van der Waals surface area contributed by atoms with E-state index in [1.54, 1.807) is 0 Å². The van der Waals surface area contributed by atoms with E-state index >= 15 is 0 Å². The van der Waals surface area contributed by atoms with Crippen LogP contribution in [0.5, 0.6) is 0 Å². The van der Waals surface area contributed by atoms with Crippen molar-refractivity contribution >= 4 is 21.7 Å². The van der Waals surface area contributed by atoms with Gasteiger partial charge in [0.1, 0.15) is 0 Å². The van der Waals surface area contributed by atoms with Crippen molar-refractivity contribution in [2.24, 2.45) is 0 Å². The zero-order valence-corrected chi connectivity index (χ0v) is 33.9. The molecule has 290 valence electrons. The molecular weight excluding hydrogens is 751 g/mol. The lowest BCUT2D eigenvalue weighted by molar-refractivity contribution is 1.18. The first-order valence-corrected chi connectivity index (χ1v) is 21.0. The Kier molecular flexibility index (Phi) is 9.53. The largest absolute Gasteiger partial charge is 0.248 e. The molecule has 0 amide bonds. The Morgan fingerprint density at radius 3 is 1.26 bits per heavy atom. The highest BCUT2D eigenvalue weighted by Gasteiger charge is 2.16. The number of hydrogen-bond acceptors (Lipinski definition) is 3. The summed E-state index contributed by atoms with van der Waals surface area (Å²) in [6.07, 6.45) is 0. The molecule has 0 N–H and O–H groups in total. The van der Waals surface area contributed by atoms with Crippen molar-refractivity contribution in [3.8, 4) is 89.7 Å². The molecule has 0 unspecified atom stereocenters. The molecule has 2 aromatic heterocycles. The monoisotopic (exact) mass is 789 g/mol. The van der Waals surface area contributed by atoms with Crippen LogP contribution in [-0.2, 0) is 0 Å². The Labute approximate surface area is 361 Å². The molecule has 3 heteroatoms. The van der Waals surface area contributed by atoms with E-state index in [2.05, 4.69) is 224 Å². The topological polar surface area (TPSA) is 38.7 Å². The van der Waals surface area contributed by atoms with Gasteiger partial charge in [-0.1, -0.05) is 194 Å². The summed E-state index contributed by atoms with van der Waals surface area (Å²) in [5, 5.41) is 3.49. The van der Waals surface area contributed by atoms with Crippen LogP contribution in [0.1, 0.15) is 0 Å². The van der Waals surface area contributed by atoms with Crippen LogP contribution in [-0.4, -0.2) is 15.0 Å². The number of benzene rings is 9. The second kappa shape index (κ2) is 16.1. The normalized spacial score (nSPS) is 11.2. The number of fused-ring (bicyclic) bond motifs is 3. The van der Waals surface area contributed by atoms with Gasteiger partial charge in [0.05, 0.1) is 22.6 Å². The highest BCUT2D eigenvalue weighted by atomic mass is 14.9. The molecular formula is C59H39N3. The molecule has 0 fully saturated rings. The van der Waals surface area contributed by atoms with Gasteiger partial charge in [-0.25, -0.2) is 15.0 Å². The van der Waals surface area contributed by atoms with Gasteiger partial charge in [0, 0.05) is 27.6 Å². The molecule has 0 saturated heterocycles. The second-order valence-electron chi connectivity index (χ2n) is 15.6. The molecule has 11 aromatic rings. The van der Waals surface area contributed by atoms with Gasteiger partial charge in [-0.05, 0) is 97.7 Å². The number of pyridine rings is 1. The third kappa shape index (κ3) is 7.23. The highest BCUT2D eigenvalue weighted by molar-refractivity contribution is 6.14. The van der Waals surface area contributed by atoms with Crippen LogP contribution in [0.3, 0.4) is 0 Å². The summed E-state index contributed by atoms with van der Waals surface area (Å²) in [6.45, 7) is 0. The Balaban J connectivity index is 1.02. The van der Waals surface area contributed by atoms with E-state index in [1.165, 1.54) is 22.1 Å². The Morgan fingerprint density at radius 2 is 0.677 bits per heavy atom. The maximum atomic E-state index is 5.28. The van der Waals surface area contributed by atoms with Gasteiger partial charge in [0.25, 0.3) is 0 Å². The van der Waals surface area contributed by atoms with Crippen LogP contribution in [0.15, 0.2) is 237 Å². The number of nitrogens with zero attached hydrogens (tertiary/aromatic N) is 3. The lowest BCUT2D eigenvalue weighted by Crippen LogP contribution is -1.96. The maximum Gasteiger partial charge on any atom is 0.160 e. The number of hydrogen-bond donors (Lipinski definition) is 0. The quantitative estimate of drug-likeness (QED) is 0.144. The summed E-state index contributed by atoms with van der Waals surface area (Å²) in [6, 6.07) is 83.5. The van der Waals surface area contributed by atoms with Crippen LogP contribution in [0.25, 0.3) is 111 Å². The SMILES string of the molecule is c1ccc(-c2cccc(-c3cc(-c4cccc(-c5ccc6c(ccc7nc(-c8ccccc8)cc(-c8ccccc8)c76)c5)c4)nc(-c4cccc(-c5ccccc5)c4)n3)c2)cc1. The summed E-state index contributed by atoms with van der Waals surface area (Å²) < 4.78 is 0. The minimum atomic E-state index is 0.682. The molecule has 2 heterocycles. The molecule has 9 aromatic carbocycles. The van der Waals surface area contributed by atoms with E-state index in [0.29, 0.717) is 5.82 Å². The van der Waals surface area contributed by atoms with Gasteiger partial charge in [-0.2, -0.15) is 0 Å².